The summed E-state index contributed by atoms with van der Waals surface area (Å²) in [4.78, 5) is 11.7. The molecule has 2 aromatic rings. The molecule has 0 radical (unpaired) electrons. The van der Waals surface area contributed by atoms with Gasteiger partial charge in [-0.05, 0) is 55.5 Å². The third kappa shape index (κ3) is 1.96. The maximum absolute atomic E-state index is 6.33. The van der Waals surface area contributed by atoms with Gasteiger partial charge in [0.2, 0.25) is 0 Å². The van der Waals surface area contributed by atoms with E-state index in [9.17, 15) is 0 Å². The van der Waals surface area contributed by atoms with Gasteiger partial charge in [-0.15, -0.1) is 0 Å². The Morgan fingerprint density at radius 2 is 2.25 bits per heavy atom. The summed E-state index contributed by atoms with van der Waals surface area (Å²) in [6, 6.07) is 6.33. The van der Waals surface area contributed by atoms with Gasteiger partial charge in [0.15, 0.2) is 0 Å². The molecule has 24 heavy (non-hydrogen) atoms. The zero-order valence-electron chi connectivity index (χ0n) is 13.8. The second kappa shape index (κ2) is 5.17. The van der Waals surface area contributed by atoms with Gasteiger partial charge in [-0.2, -0.15) is 0 Å². The zero-order chi connectivity index (χ0) is 16.3. The lowest BCUT2D eigenvalue weighted by molar-refractivity contribution is 0.507. The van der Waals surface area contributed by atoms with Crippen molar-refractivity contribution in [1.29, 1.82) is 0 Å². The Labute approximate surface area is 147 Å². The first-order chi connectivity index (χ1) is 11.7. The second-order valence-corrected chi connectivity index (χ2v) is 7.89. The molecule has 1 aromatic heterocycles. The average Bonchev–Trinajstić information content (AvgIpc) is 3.28. The number of aryl methyl sites for hydroxylation is 1. The molecule has 3 heterocycles. The van der Waals surface area contributed by atoms with Gasteiger partial charge in [-0.25, -0.2) is 9.97 Å². The predicted molar refractivity (Wildman–Crippen MR) is 96.4 cm³/mol. The molecule has 1 aromatic carbocycles. The van der Waals surface area contributed by atoms with Gasteiger partial charge < -0.3 is 10.2 Å². The molecular weight excluding hydrogens is 320 g/mol. The third-order valence-electron chi connectivity index (χ3n) is 6.03. The minimum Gasteiger partial charge on any atom is -0.325 e. The van der Waals surface area contributed by atoms with Gasteiger partial charge in [0.05, 0.1) is 0 Å². The van der Waals surface area contributed by atoms with E-state index in [4.69, 9.17) is 16.6 Å². The maximum Gasteiger partial charge on any atom is 0.140 e. The summed E-state index contributed by atoms with van der Waals surface area (Å²) in [6.07, 6.45) is 5.13. The predicted octanol–water partition coefficient (Wildman–Crippen LogP) is 3.56. The van der Waals surface area contributed by atoms with Crippen LogP contribution in [0.25, 0.3) is 0 Å². The van der Waals surface area contributed by atoms with Crippen molar-refractivity contribution >= 4 is 23.1 Å². The summed E-state index contributed by atoms with van der Waals surface area (Å²) >= 11 is 6.33. The van der Waals surface area contributed by atoms with Gasteiger partial charge >= 0.3 is 0 Å². The van der Waals surface area contributed by atoms with E-state index in [-0.39, 0.29) is 5.41 Å². The summed E-state index contributed by atoms with van der Waals surface area (Å²) in [5.41, 5.74) is 5.37. The van der Waals surface area contributed by atoms with Gasteiger partial charge in [0.25, 0.3) is 0 Å². The van der Waals surface area contributed by atoms with E-state index in [1.807, 2.05) is 6.07 Å². The Morgan fingerprint density at radius 1 is 1.33 bits per heavy atom. The Balaban J connectivity index is 1.68. The van der Waals surface area contributed by atoms with E-state index in [0.29, 0.717) is 5.92 Å². The molecule has 1 aliphatic carbocycles. The van der Waals surface area contributed by atoms with Crippen LogP contribution in [-0.4, -0.2) is 29.6 Å². The van der Waals surface area contributed by atoms with Crippen LogP contribution in [0, 0.1) is 0 Å². The van der Waals surface area contributed by atoms with E-state index in [2.05, 4.69) is 34.3 Å². The van der Waals surface area contributed by atoms with Crippen molar-refractivity contribution in [2.24, 2.45) is 0 Å². The molecule has 1 fully saturated rings. The largest absolute Gasteiger partial charge is 0.325 e. The standard InChI is InChI=1S/C19H21ClN4/c1-12-2-4-15-17(12)18(23-11-22-15)24-10-19(6-7-21-9-19)14-8-13(20)3-5-16(14)24/h3,5,8,11-12,21H,2,4,6-7,9-10H2,1H3/t12-,19+/m1/s1. The average molecular weight is 341 g/mol. The van der Waals surface area contributed by atoms with Crippen LogP contribution in [0.4, 0.5) is 11.5 Å². The maximum atomic E-state index is 6.33. The molecule has 0 saturated carbocycles. The van der Waals surface area contributed by atoms with Gasteiger partial charge in [0.1, 0.15) is 12.1 Å². The minimum atomic E-state index is 0.153. The highest BCUT2D eigenvalue weighted by Crippen LogP contribution is 2.50. The van der Waals surface area contributed by atoms with Crippen molar-refractivity contribution in [2.75, 3.05) is 24.5 Å². The number of halogens is 1. The van der Waals surface area contributed by atoms with Crippen molar-refractivity contribution in [3.63, 3.8) is 0 Å². The molecular formula is C19H21ClN4. The molecule has 0 bridgehead atoms. The van der Waals surface area contributed by atoms with Crippen molar-refractivity contribution in [3.05, 3.63) is 46.4 Å². The van der Waals surface area contributed by atoms with E-state index in [1.54, 1.807) is 6.33 Å². The number of aromatic nitrogens is 2. The fourth-order valence-electron chi connectivity index (χ4n) is 4.78. The molecule has 0 unspecified atom stereocenters. The molecule has 1 saturated heterocycles. The smallest absolute Gasteiger partial charge is 0.140 e. The minimum absolute atomic E-state index is 0.153. The lowest BCUT2D eigenvalue weighted by Gasteiger charge is -2.26. The van der Waals surface area contributed by atoms with Crippen LogP contribution in [0.2, 0.25) is 5.02 Å². The summed E-state index contributed by atoms with van der Waals surface area (Å²) < 4.78 is 0. The Morgan fingerprint density at radius 3 is 3.08 bits per heavy atom. The normalized spacial score (nSPS) is 27.8. The Kier molecular flexibility index (Phi) is 3.16. The molecule has 3 aliphatic rings. The highest BCUT2D eigenvalue weighted by molar-refractivity contribution is 6.30. The topological polar surface area (TPSA) is 41.1 Å². The molecule has 2 aliphatic heterocycles. The third-order valence-corrected chi connectivity index (χ3v) is 6.27. The zero-order valence-corrected chi connectivity index (χ0v) is 14.6. The Bertz CT molecular complexity index is 813. The van der Waals surface area contributed by atoms with Crippen molar-refractivity contribution < 1.29 is 0 Å². The highest BCUT2D eigenvalue weighted by atomic mass is 35.5. The lowest BCUT2D eigenvalue weighted by atomic mass is 9.82. The van der Waals surface area contributed by atoms with E-state index < -0.39 is 0 Å². The summed E-state index contributed by atoms with van der Waals surface area (Å²) in [5, 5.41) is 4.37. The SMILES string of the molecule is C[C@@H]1CCc2ncnc(N3C[C@@]4(CCNC4)c4cc(Cl)ccc43)c21. The molecule has 124 valence electrons. The number of rotatable bonds is 1. The molecule has 1 spiro atoms. The molecule has 5 heteroatoms. The first-order valence-corrected chi connectivity index (χ1v) is 9.18. The van der Waals surface area contributed by atoms with Crippen molar-refractivity contribution in [1.82, 2.24) is 15.3 Å². The van der Waals surface area contributed by atoms with Gasteiger partial charge in [-0.1, -0.05) is 18.5 Å². The van der Waals surface area contributed by atoms with Crippen LogP contribution in [-0.2, 0) is 11.8 Å². The summed E-state index contributed by atoms with van der Waals surface area (Å²) in [7, 11) is 0. The van der Waals surface area contributed by atoms with Crippen molar-refractivity contribution in [3.8, 4) is 0 Å². The monoisotopic (exact) mass is 340 g/mol. The van der Waals surface area contributed by atoms with Crippen LogP contribution in [0.15, 0.2) is 24.5 Å². The number of anilines is 2. The first-order valence-electron chi connectivity index (χ1n) is 8.80. The quantitative estimate of drug-likeness (QED) is 0.861. The van der Waals surface area contributed by atoms with Crippen LogP contribution in [0.1, 0.15) is 42.5 Å². The number of hydrogen-bond acceptors (Lipinski definition) is 4. The van der Waals surface area contributed by atoms with E-state index in [1.165, 1.54) is 28.9 Å². The number of nitrogens with one attached hydrogen (secondary N) is 1. The fourth-order valence-corrected chi connectivity index (χ4v) is 4.95. The van der Waals surface area contributed by atoms with Crippen LogP contribution in [0.5, 0.6) is 0 Å². The first kappa shape index (κ1) is 14.7. The number of hydrogen-bond donors (Lipinski definition) is 1. The molecule has 5 rings (SSSR count). The van der Waals surface area contributed by atoms with Crippen LogP contribution in [0.3, 0.4) is 0 Å². The number of fused-ring (bicyclic) bond motifs is 3. The number of nitrogens with zero attached hydrogens (tertiary/aromatic N) is 3. The Hall–Kier alpha value is -1.65. The van der Waals surface area contributed by atoms with E-state index in [0.717, 1.165) is 43.3 Å². The molecule has 4 nitrogen and oxygen atoms in total. The molecule has 2 atom stereocenters. The van der Waals surface area contributed by atoms with Crippen LogP contribution < -0.4 is 10.2 Å². The lowest BCUT2D eigenvalue weighted by Crippen LogP contribution is -2.34. The summed E-state index contributed by atoms with van der Waals surface area (Å²) in [5.74, 6) is 1.64. The molecule has 0 amide bonds. The highest BCUT2D eigenvalue weighted by Gasteiger charge is 2.46. The van der Waals surface area contributed by atoms with Gasteiger partial charge in [0, 0.05) is 40.5 Å². The molecule has 1 N–H and O–H groups in total. The fraction of sp³-hybridized carbons (Fsp3) is 0.474. The second-order valence-electron chi connectivity index (χ2n) is 7.45. The van der Waals surface area contributed by atoms with Gasteiger partial charge in [-0.3, -0.25) is 0 Å². The summed E-state index contributed by atoms with van der Waals surface area (Å²) in [6.45, 7) is 5.36. The van der Waals surface area contributed by atoms with Crippen molar-refractivity contribution in [2.45, 2.75) is 37.5 Å². The van der Waals surface area contributed by atoms with Crippen LogP contribution >= 0.6 is 11.6 Å². The van der Waals surface area contributed by atoms with E-state index >= 15 is 0 Å². The number of benzene rings is 1.